The second-order valence-electron chi connectivity index (χ2n) is 6.78. The number of aryl methyl sites for hydroxylation is 2. The molecular weight excluding hydrogens is 366 g/mol. The minimum absolute atomic E-state index is 0.423. The Hall–Kier alpha value is -2.63. The normalized spacial score (nSPS) is 11.0. The maximum Gasteiger partial charge on any atom is 0.140 e. The molecule has 3 aromatic rings. The van der Waals surface area contributed by atoms with Gasteiger partial charge in [0.15, 0.2) is 0 Å². The first-order valence-electron chi connectivity index (χ1n) is 10.2. The van der Waals surface area contributed by atoms with Gasteiger partial charge in [-0.1, -0.05) is 47.6 Å². The molecule has 1 heterocycles. The highest BCUT2D eigenvalue weighted by Gasteiger charge is 2.15. The van der Waals surface area contributed by atoms with Crippen molar-refractivity contribution in [1.29, 1.82) is 0 Å². The molecule has 2 aromatic carbocycles. The number of hydrogen-bond acceptors (Lipinski definition) is 5. The standard InChI is InChI=1S/C24H29NO4/c1-3-26-16-17-27-15-7-8-20-11-13-22(14-12-20)28-18-23-19(2)29-25-24(23)21-9-5-4-6-10-21/h4-6,9-14H,3,7-8,15-18H2,1-2H3. The Morgan fingerprint density at radius 1 is 0.897 bits per heavy atom. The van der Waals surface area contributed by atoms with Gasteiger partial charge >= 0.3 is 0 Å². The maximum atomic E-state index is 5.99. The summed E-state index contributed by atoms with van der Waals surface area (Å²) in [6.45, 7) is 7.14. The van der Waals surface area contributed by atoms with E-state index in [-0.39, 0.29) is 0 Å². The van der Waals surface area contributed by atoms with Gasteiger partial charge in [0, 0.05) is 18.8 Å². The van der Waals surface area contributed by atoms with E-state index >= 15 is 0 Å². The van der Waals surface area contributed by atoms with E-state index in [9.17, 15) is 0 Å². The molecule has 5 heteroatoms. The lowest BCUT2D eigenvalue weighted by Gasteiger charge is -2.08. The molecule has 3 rings (SSSR count). The summed E-state index contributed by atoms with van der Waals surface area (Å²) in [5.74, 6) is 1.62. The zero-order chi connectivity index (χ0) is 20.3. The van der Waals surface area contributed by atoms with E-state index in [0.29, 0.717) is 19.8 Å². The van der Waals surface area contributed by atoms with Crippen molar-refractivity contribution < 1.29 is 18.7 Å². The SMILES string of the molecule is CCOCCOCCCc1ccc(OCc2c(-c3ccccc3)noc2C)cc1. The summed E-state index contributed by atoms with van der Waals surface area (Å²) in [6.07, 6.45) is 1.98. The summed E-state index contributed by atoms with van der Waals surface area (Å²) < 4.78 is 22.2. The van der Waals surface area contributed by atoms with Gasteiger partial charge in [0.05, 0.1) is 18.8 Å². The molecule has 0 fully saturated rings. The van der Waals surface area contributed by atoms with Crippen molar-refractivity contribution >= 4 is 0 Å². The highest BCUT2D eigenvalue weighted by molar-refractivity contribution is 5.63. The van der Waals surface area contributed by atoms with Crippen LogP contribution < -0.4 is 4.74 Å². The molecule has 0 saturated carbocycles. The fourth-order valence-corrected chi connectivity index (χ4v) is 3.03. The molecule has 0 saturated heterocycles. The smallest absolute Gasteiger partial charge is 0.140 e. The topological polar surface area (TPSA) is 53.7 Å². The molecule has 5 nitrogen and oxygen atoms in total. The minimum Gasteiger partial charge on any atom is -0.489 e. The molecule has 0 radical (unpaired) electrons. The number of nitrogens with zero attached hydrogens (tertiary/aromatic N) is 1. The third-order valence-electron chi connectivity index (χ3n) is 4.67. The van der Waals surface area contributed by atoms with Crippen LogP contribution in [0, 0.1) is 6.92 Å². The molecule has 0 bridgehead atoms. The van der Waals surface area contributed by atoms with E-state index in [0.717, 1.165) is 54.4 Å². The lowest BCUT2D eigenvalue weighted by Crippen LogP contribution is -2.05. The molecule has 154 valence electrons. The van der Waals surface area contributed by atoms with Crippen LogP contribution in [0.25, 0.3) is 11.3 Å². The van der Waals surface area contributed by atoms with E-state index in [4.69, 9.17) is 18.7 Å². The zero-order valence-corrected chi connectivity index (χ0v) is 17.2. The molecule has 0 atom stereocenters. The van der Waals surface area contributed by atoms with Gasteiger partial charge in [-0.05, 0) is 44.4 Å². The van der Waals surface area contributed by atoms with Crippen LogP contribution >= 0.6 is 0 Å². The van der Waals surface area contributed by atoms with Crippen molar-refractivity contribution in [1.82, 2.24) is 5.16 Å². The summed E-state index contributed by atoms with van der Waals surface area (Å²) >= 11 is 0. The van der Waals surface area contributed by atoms with Crippen molar-refractivity contribution in [2.24, 2.45) is 0 Å². The summed E-state index contributed by atoms with van der Waals surface area (Å²) in [7, 11) is 0. The number of hydrogen-bond donors (Lipinski definition) is 0. The van der Waals surface area contributed by atoms with Crippen LogP contribution in [0.1, 0.15) is 30.2 Å². The third kappa shape index (κ3) is 6.44. The highest BCUT2D eigenvalue weighted by atomic mass is 16.5. The monoisotopic (exact) mass is 395 g/mol. The fourth-order valence-electron chi connectivity index (χ4n) is 3.03. The van der Waals surface area contributed by atoms with Crippen LogP contribution in [-0.2, 0) is 22.5 Å². The maximum absolute atomic E-state index is 5.99. The first-order valence-corrected chi connectivity index (χ1v) is 10.2. The third-order valence-corrected chi connectivity index (χ3v) is 4.67. The summed E-state index contributed by atoms with van der Waals surface area (Å²) in [4.78, 5) is 0. The number of ether oxygens (including phenoxy) is 3. The zero-order valence-electron chi connectivity index (χ0n) is 17.2. The van der Waals surface area contributed by atoms with Crippen LogP contribution in [-0.4, -0.2) is 31.6 Å². The van der Waals surface area contributed by atoms with Crippen LogP contribution in [0.5, 0.6) is 5.75 Å². The summed E-state index contributed by atoms with van der Waals surface area (Å²) in [6, 6.07) is 18.3. The second-order valence-corrected chi connectivity index (χ2v) is 6.78. The van der Waals surface area contributed by atoms with Crippen LogP contribution in [0.3, 0.4) is 0 Å². The molecule has 1 aromatic heterocycles. The van der Waals surface area contributed by atoms with Crippen LogP contribution in [0.2, 0.25) is 0 Å². The average Bonchev–Trinajstić information content (AvgIpc) is 3.13. The molecule has 0 N–H and O–H groups in total. The quantitative estimate of drug-likeness (QED) is 0.394. The van der Waals surface area contributed by atoms with Gasteiger partial charge in [-0.2, -0.15) is 0 Å². The van der Waals surface area contributed by atoms with E-state index in [1.807, 2.05) is 56.3 Å². The molecule has 0 aliphatic carbocycles. The van der Waals surface area contributed by atoms with Gasteiger partial charge in [0.25, 0.3) is 0 Å². The number of rotatable bonds is 12. The van der Waals surface area contributed by atoms with Crippen molar-refractivity contribution in [3.63, 3.8) is 0 Å². The van der Waals surface area contributed by atoms with Crippen LogP contribution in [0.15, 0.2) is 59.1 Å². The first kappa shape index (κ1) is 21.1. The van der Waals surface area contributed by atoms with Crippen molar-refractivity contribution in [3.8, 4) is 17.0 Å². The van der Waals surface area contributed by atoms with Gasteiger partial charge in [0.1, 0.15) is 23.8 Å². The predicted molar refractivity (Wildman–Crippen MR) is 113 cm³/mol. The lowest BCUT2D eigenvalue weighted by molar-refractivity contribution is 0.0520. The largest absolute Gasteiger partial charge is 0.489 e. The number of benzene rings is 2. The van der Waals surface area contributed by atoms with Crippen molar-refractivity contribution in [2.75, 3.05) is 26.4 Å². The lowest BCUT2D eigenvalue weighted by atomic mass is 10.1. The Morgan fingerprint density at radius 3 is 2.41 bits per heavy atom. The van der Waals surface area contributed by atoms with E-state index in [1.54, 1.807) is 0 Å². The first-order chi connectivity index (χ1) is 14.3. The Balaban J connectivity index is 1.47. The van der Waals surface area contributed by atoms with Gasteiger partial charge in [-0.15, -0.1) is 0 Å². The van der Waals surface area contributed by atoms with Crippen LogP contribution in [0.4, 0.5) is 0 Å². The van der Waals surface area contributed by atoms with E-state index in [1.165, 1.54) is 5.56 Å². The van der Waals surface area contributed by atoms with E-state index in [2.05, 4.69) is 17.3 Å². The highest BCUT2D eigenvalue weighted by Crippen LogP contribution is 2.26. The summed E-state index contributed by atoms with van der Waals surface area (Å²) in [5, 5.41) is 4.20. The predicted octanol–water partition coefficient (Wildman–Crippen LogP) is 5.21. The Labute approximate surface area is 172 Å². The Bertz CT molecular complexity index is 843. The van der Waals surface area contributed by atoms with Gasteiger partial charge in [0.2, 0.25) is 0 Å². The molecule has 0 amide bonds. The van der Waals surface area contributed by atoms with Gasteiger partial charge in [-0.25, -0.2) is 0 Å². The molecule has 0 aliphatic heterocycles. The molecule has 0 unspecified atom stereocenters. The number of aromatic nitrogens is 1. The minimum atomic E-state index is 0.423. The Morgan fingerprint density at radius 2 is 1.66 bits per heavy atom. The van der Waals surface area contributed by atoms with Gasteiger partial charge in [-0.3, -0.25) is 0 Å². The molecule has 29 heavy (non-hydrogen) atoms. The van der Waals surface area contributed by atoms with Crippen molar-refractivity contribution in [2.45, 2.75) is 33.3 Å². The second kappa shape index (κ2) is 11.4. The molecule has 0 spiro atoms. The van der Waals surface area contributed by atoms with Gasteiger partial charge < -0.3 is 18.7 Å². The molecular formula is C24H29NO4. The Kier molecular flexibility index (Phi) is 8.28. The van der Waals surface area contributed by atoms with Crippen molar-refractivity contribution in [3.05, 3.63) is 71.5 Å². The summed E-state index contributed by atoms with van der Waals surface area (Å²) in [5.41, 5.74) is 4.12. The molecule has 0 aliphatic rings. The van der Waals surface area contributed by atoms with E-state index < -0.39 is 0 Å². The fraction of sp³-hybridized carbons (Fsp3) is 0.375. The average molecular weight is 395 g/mol.